The van der Waals surface area contributed by atoms with Gasteiger partial charge in [0.25, 0.3) is 0 Å². The molecule has 272 valence electrons. The Hall–Kier alpha value is -3.17. The maximum Gasteiger partial charge on any atom is 0.249 e. The van der Waals surface area contributed by atoms with Crippen LogP contribution in [0.2, 0.25) is 0 Å². The molecule has 0 aromatic heterocycles. The van der Waals surface area contributed by atoms with Gasteiger partial charge in [-0.2, -0.15) is 0 Å². The lowest BCUT2D eigenvalue weighted by Gasteiger charge is -2.45. The number of hydrogen-bond donors (Lipinski definition) is 1. The van der Waals surface area contributed by atoms with Crippen LogP contribution in [-0.4, -0.2) is 88.3 Å². The number of fused-ring (bicyclic) bond motifs is 1. The summed E-state index contributed by atoms with van der Waals surface area (Å²) in [6.45, 7) is 26.2. The summed E-state index contributed by atoms with van der Waals surface area (Å²) < 4.78 is 12.7. The lowest BCUT2D eigenvalue weighted by Crippen LogP contribution is -2.61. The van der Waals surface area contributed by atoms with Gasteiger partial charge in [0.1, 0.15) is 17.4 Å². The summed E-state index contributed by atoms with van der Waals surface area (Å²) in [7, 11) is 0. The number of unbranched alkanes of at least 4 members (excludes halogenated alkanes) is 3. The lowest BCUT2D eigenvalue weighted by molar-refractivity contribution is -0.156. The van der Waals surface area contributed by atoms with Gasteiger partial charge in [0.2, 0.25) is 17.7 Å². The molecule has 49 heavy (non-hydrogen) atoms. The minimum absolute atomic E-state index is 0.0563. The Bertz CT molecular complexity index is 1370. The molecule has 9 heteroatoms. The van der Waals surface area contributed by atoms with E-state index < -0.39 is 34.6 Å². The zero-order chi connectivity index (χ0) is 36.4. The van der Waals surface area contributed by atoms with E-state index in [0.29, 0.717) is 50.4 Å². The number of carbonyl (C=O) groups is 3. The minimum atomic E-state index is -1.15. The minimum Gasteiger partial charge on any atom is -0.494 e. The van der Waals surface area contributed by atoms with E-state index in [2.05, 4.69) is 54.7 Å². The van der Waals surface area contributed by atoms with E-state index in [4.69, 9.17) is 9.47 Å². The van der Waals surface area contributed by atoms with Crippen molar-refractivity contribution in [3.8, 4) is 5.75 Å². The van der Waals surface area contributed by atoms with Crippen molar-refractivity contribution in [2.75, 3.05) is 37.7 Å². The highest BCUT2D eigenvalue weighted by Crippen LogP contribution is 2.65. The number of rotatable bonds is 17. The Morgan fingerprint density at radius 1 is 1.04 bits per heavy atom. The van der Waals surface area contributed by atoms with E-state index in [1.54, 1.807) is 22.0 Å². The fourth-order valence-corrected chi connectivity index (χ4v) is 9.20. The highest BCUT2D eigenvalue weighted by atomic mass is 16.5. The molecule has 3 aliphatic rings. The van der Waals surface area contributed by atoms with Gasteiger partial charge in [0, 0.05) is 37.5 Å². The molecule has 4 rings (SSSR count). The number of anilines is 1. The van der Waals surface area contributed by atoms with Crippen molar-refractivity contribution in [3.63, 3.8) is 0 Å². The van der Waals surface area contributed by atoms with Crippen LogP contribution in [-0.2, 0) is 19.1 Å². The van der Waals surface area contributed by atoms with Crippen LogP contribution in [0.1, 0.15) is 93.9 Å². The predicted molar refractivity (Wildman–Crippen MR) is 194 cm³/mol. The molecule has 1 N–H and O–H groups in total. The van der Waals surface area contributed by atoms with E-state index in [1.165, 1.54) is 0 Å². The Labute approximate surface area is 294 Å². The van der Waals surface area contributed by atoms with Crippen LogP contribution in [0.5, 0.6) is 5.75 Å². The van der Waals surface area contributed by atoms with Gasteiger partial charge < -0.3 is 29.3 Å². The molecule has 1 aromatic carbocycles. The van der Waals surface area contributed by atoms with Crippen molar-refractivity contribution in [2.24, 2.45) is 23.2 Å². The topological polar surface area (TPSA) is 99.6 Å². The molecule has 9 nitrogen and oxygen atoms in total. The standard InChI is InChI=1S/C40H61N3O6/c1-11-22-41(29-18-20-30(21-19-29)48-13-3)34(45)31-32-35(46)42(24-16-14-15-17-25-44)33(40(32)26-28(4)39(31,10)49-40)36(47)43(23-12-2)38(8,9)27-37(5,6)7/h11-12,18-21,28,31-33,44H,1-2,13-17,22-27H2,3-10H3/t28?,31-,32+,33?,39+,40?/m1/s1. The van der Waals surface area contributed by atoms with Crippen LogP contribution in [0.3, 0.4) is 0 Å². The van der Waals surface area contributed by atoms with Crippen molar-refractivity contribution in [1.82, 2.24) is 9.80 Å². The number of aliphatic hydroxyl groups excluding tert-OH is 1. The molecule has 3 aliphatic heterocycles. The van der Waals surface area contributed by atoms with E-state index in [1.807, 2.05) is 43.0 Å². The molecule has 0 saturated carbocycles. The van der Waals surface area contributed by atoms with Crippen molar-refractivity contribution in [1.29, 1.82) is 0 Å². The Kier molecular flexibility index (Phi) is 11.8. The SMILES string of the molecule is C=CCN(C(=O)[C@H]1[C@H]2C(=O)N(CCCCCCO)C(C(=O)N(CC=C)C(C)(C)CC(C)(C)C)C23CC(C)[C@]1(C)O3)c1ccc(OCC)cc1. The average Bonchev–Trinajstić information content (AvgIpc) is 3.53. The molecule has 2 bridgehead atoms. The van der Waals surface area contributed by atoms with E-state index >= 15 is 4.79 Å². The maximum absolute atomic E-state index is 15.2. The second kappa shape index (κ2) is 15.0. The summed E-state index contributed by atoms with van der Waals surface area (Å²) >= 11 is 0. The van der Waals surface area contributed by atoms with Gasteiger partial charge in [-0.05, 0) is 89.0 Å². The first-order chi connectivity index (χ1) is 23.0. The van der Waals surface area contributed by atoms with Crippen molar-refractivity contribution in [3.05, 3.63) is 49.6 Å². The number of hydrogen-bond acceptors (Lipinski definition) is 6. The number of carbonyl (C=O) groups excluding carboxylic acids is 3. The Morgan fingerprint density at radius 3 is 2.24 bits per heavy atom. The number of amides is 3. The highest BCUT2D eigenvalue weighted by Gasteiger charge is 2.80. The quantitative estimate of drug-likeness (QED) is 0.151. The molecular weight excluding hydrogens is 618 g/mol. The van der Waals surface area contributed by atoms with E-state index in [-0.39, 0.29) is 42.2 Å². The molecule has 3 amide bonds. The third-order valence-corrected chi connectivity index (χ3v) is 10.9. The molecule has 3 saturated heterocycles. The lowest BCUT2D eigenvalue weighted by atomic mass is 9.62. The molecular formula is C40H61N3O6. The summed E-state index contributed by atoms with van der Waals surface area (Å²) in [5.74, 6) is -1.51. The molecule has 1 spiro atoms. The van der Waals surface area contributed by atoms with Crippen LogP contribution in [0.25, 0.3) is 0 Å². The smallest absolute Gasteiger partial charge is 0.249 e. The van der Waals surface area contributed by atoms with Gasteiger partial charge in [0.05, 0.1) is 24.0 Å². The van der Waals surface area contributed by atoms with Crippen LogP contribution in [0, 0.1) is 23.2 Å². The Morgan fingerprint density at radius 2 is 1.67 bits per heavy atom. The first-order valence-corrected chi connectivity index (χ1v) is 18.2. The molecule has 3 unspecified atom stereocenters. The number of aliphatic hydroxyl groups is 1. The predicted octanol–water partition coefficient (Wildman–Crippen LogP) is 6.40. The highest BCUT2D eigenvalue weighted by molar-refractivity contribution is 6.03. The fraction of sp³-hybridized carbons (Fsp3) is 0.675. The Balaban J connectivity index is 1.81. The van der Waals surface area contributed by atoms with Crippen molar-refractivity contribution < 1.29 is 29.0 Å². The fourth-order valence-electron chi connectivity index (χ4n) is 9.20. The van der Waals surface area contributed by atoms with Gasteiger partial charge in [-0.15, -0.1) is 13.2 Å². The van der Waals surface area contributed by atoms with Gasteiger partial charge in [-0.25, -0.2) is 0 Å². The van der Waals surface area contributed by atoms with Crippen LogP contribution in [0.4, 0.5) is 5.69 Å². The number of ether oxygens (including phenoxy) is 2. The molecule has 3 fully saturated rings. The molecule has 0 radical (unpaired) electrons. The second-order valence-corrected chi connectivity index (χ2v) is 16.3. The maximum atomic E-state index is 15.2. The first kappa shape index (κ1) is 38.6. The van der Waals surface area contributed by atoms with Crippen molar-refractivity contribution >= 4 is 23.4 Å². The molecule has 3 heterocycles. The van der Waals surface area contributed by atoms with E-state index in [0.717, 1.165) is 19.3 Å². The zero-order valence-electron chi connectivity index (χ0n) is 31.3. The largest absolute Gasteiger partial charge is 0.494 e. The third kappa shape index (κ3) is 7.34. The third-order valence-electron chi connectivity index (χ3n) is 10.9. The molecule has 1 aromatic rings. The molecule has 0 aliphatic carbocycles. The number of likely N-dealkylation sites (tertiary alicyclic amines) is 1. The zero-order valence-corrected chi connectivity index (χ0v) is 31.3. The normalized spacial score (nSPS) is 27.6. The number of benzene rings is 1. The van der Waals surface area contributed by atoms with Gasteiger partial charge >= 0.3 is 0 Å². The van der Waals surface area contributed by atoms with Gasteiger partial charge in [-0.1, -0.05) is 52.7 Å². The van der Waals surface area contributed by atoms with Gasteiger partial charge in [-0.3, -0.25) is 14.4 Å². The average molecular weight is 680 g/mol. The first-order valence-electron chi connectivity index (χ1n) is 18.2. The summed E-state index contributed by atoms with van der Waals surface area (Å²) in [5.41, 5.74) is -2.01. The van der Waals surface area contributed by atoms with E-state index in [9.17, 15) is 14.7 Å². The monoisotopic (exact) mass is 679 g/mol. The van der Waals surface area contributed by atoms with Crippen LogP contribution in [0.15, 0.2) is 49.6 Å². The van der Waals surface area contributed by atoms with Crippen LogP contribution >= 0.6 is 0 Å². The second-order valence-electron chi connectivity index (χ2n) is 16.3. The van der Waals surface area contributed by atoms with Crippen LogP contribution < -0.4 is 9.64 Å². The summed E-state index contributed by atoms with van der Waals surface area (Å²) in [6.07, 6.45) is 7.72. The number of nitrogens with zero attached hydrogens (tertiary/aromatic N) is 3. The summed E-state index contributed by atoms with van der Waals surface area (Å²) in [4.78, 5) is 50.2. The van der Waals surface area contributed by atoms with Crippen molar-refractivity contribution in [2.45, 2.75) is 117 Å². The molecule has 6 atom stereocenters. The summed E-state index contributed by atoms with van der Waals surface area (Å²) in [6, 6.07) is 6.52. The van der Waals surface area contributed by atoms with Gasteiger partial charge in [0.15, 0.2) is 0 Å². The summed E-state index contributed by atoms with van der Waals surface area (Å²) in [5, 5.41) is 9.33.